The van der Waals surface area contributed by atoms with Crippen molar-refractivity contribution >= 4 is 12.1 Å². The number of imidazole rings is 1. The lowest BCUT2D eigenvalue weighted by atomic mass is 9.77. The van der Waals surface area contributed by atoms with Gasteiger partial charge in [0.1, 0.15) is 17.1 Å². The summed E-state index contributed by atoms with van der Waals surface area (Å²) in [5.74, 6) is 1.60. The van der Waals surface area contributed by atoms with E-state index in [1.165, 1.54) is 0 Å². The highest BCUT2D eigenvalue weighted by molar-refractivity contribution is 6.04. The van der Waals surface area contributed by atoms with Crippen molar-refractivity contribution in [3.05, 3.63) is 179 Å². The summed E-state index contributed by atoms with van der Waals surface area (Å²) in [4.78, 5) is 16.4. The van der Waals surface area contributed by atoms with Gasteiger partial charge in [0.2, 0.25) is 0 Å². The summed E-state index contributed by atoms with van der Waals surface area (Å²) >= 11 is 0. The summed E-state index contributed by atoms with van der Waals surface area (Å²) in [6.07, 6.45) is 5.42. The molecule has 0 aliphatic carbocycles. The fraction of sp³-hybridized carbons (Fsp3) is 0.125. The zero-order valence-electron chi connectivity index (χ0n) is 26.3. The Balaban J connectivity index is 1.26. The summed E-state index contributed by atoms with van der Waals surface area (Å²) < 4.78 is 1.96. The molecule has 0 atom stereocenters. The number of aromatic nitrogens is 2. The molecule has 6 aromatic rings. The number of aldehydes is 1. The predicted molar refractivity (Wildman–Crippen MR) is 187 cm³/mol. The van der Waals surface area contributed by atoms with Gasteiger partial charge in [0, 0.05) is 17.7 Å². The van der Waals surface area contributed by atoms with Gasteiger partial charge in [-0.3, -0.25) is 14.8 Å². The molecule has 0 fully saturated rings. The SMILES string of the molecule is CCCCc1ncc(C=O)n1-c1ccc(-c2ccccc2C2=NNN(C(c3ccccc3)(c3ccccc3)c3ccccc3)N2)cc1. The van der Waals surface area contributed by atoms with E-state index in [0.717, 1.165) is 70.4 Å². The van der Waals surface area contributed by atoms with E-state index in [4.69, 9.17) is 5.10 Å². The average Bonchev–Trinajstić information content (AvgIpc) is 3.81. The van der Waals surface area contributed by atoms with Gasteiger partial charge in [-0.15, -0.1) is 5.10 Å². The number of nitrogens with zero attached hydrogens (tertiary/aromatic N) is 4. The number of unbranched alkanes of at least 4 members (excludes halogenated alkanes) is 1. The van der Waals surface area contributed by atoms with Crippen LogP contribution in [0.25, 0.3) is 16.8 Å². The molecule has 0 spiro atoms. The van der Waals surface area contributed by atoms with Gasteiger partial charge in [-0.1, -0.05) is 146 Å². The van der Waals surface area contributed by atoms with Gasteiger partial charge in [0.05, 0.1) is 6.20 Å². The third kappa shape index (κ3) is 5.51. The van der Waals surface area contributed by atoms with Gasteiger partial charge in [-0.25, -0.2) is 10.5 Å². The Hall–Kier alpha value is -5.79. The lowest BCUT2D eigenvalue weighted by Gasteiger charge is -2.42. The average molecular weight is 617 g/mol. The van der Waals surface area contributed by atoms with Crippen molar-refractivity contribution < 1.29 is 4.79 Å². The van der Waals surface area contributed by atoms with E-state index in [1.54, 1.807) is 6.20 Å². The van der Waals surface area contributed by atoms with E-state index in [2.05, 4.69) is 132 Å². The molecule has 2 N–H and O–H groups in total. The number of carbonyl (C=O) groups is 1. The van der Waals surface area contributed by atoms with Crippen LogP contribution in [-0.4, -0.2) is 26.8 Å². The molecule has 0 bridgehead atoms. The van der Waals surface area contributed by atoms with Crippen molar-refractivity contribution in [3.8, 4) is 16.8 Å². The first kappa shape index (κ1) is 29.9. The van der Waals surface area contributed by atoms with E-state index in [9.17, 15) is 4.79 Å². The van der Waals surface area contributed by atoms with Crippen molar-refractivity contribution in [2.24, 2.45) is 5.10 Å². The van der Waals surface area contributed by atoms with Crippen molar-refractivity contribution in [2.45, 2.75) is 31.7 Å². The highest BCUT2D eigenvalue weighted by Crippen LogP contribution is 2.41. The fourth-order valence-corrected chi connectivity index (χ4v) is 6.49. The minimum absolute atomic E-state index is 0.554. The lowest BCUT2D eigenvalue weighted by molar-refractivity contribution is 0.0761. The molecular formula is C40H36N6O. The molecule has 47 heavy (non-hydrogen) atoms. The zero-order valence-corrected chi connectivity index (χ0v) is 26.3. The second-order valence-electron chi connectivity index (χ2n) is 11.6. The summed E-state index contributed by atoms with van der Waals surface area (Å²) in [6, 6.07) is 48.0. The molecule has 7 heteroatoms. The minimum atomic E-state index is -0.748. The largest absolute Gasteiger partial charge is 0.296 e. The zero-order chi connectivity index (χ0) is 32.1. The van der Waals surface area contributed by atoms with E-state index in [-0.39, 0.29) is 0 Å². The van der Waals surface area contributed by atoms with Crippen molar-refractivity contribution in [1.29, 1.82) is 0 Å². The second kappa shape index (κ2) is 13.3. The van der Waals surface area contributed by atoms with Crippen molar-refractivity contribution in [3.63, 3.8) is 0 Å². The number of hydrogen-bond donors (Lipinski definition) is 2. The van der Waals surface area contributed by atoms with Crippen LogP contribution in [0, 0.1) is 0 Å². The number of hydrazine groups is 2. The van der Waals surface area contributed by atoms with E-state index in [0.29, 0.717) is 11.5 Å². The number of nitrogens with one attached hydrogen (secondary N) is 2. The van der Waals surface area contributed by atoms with Gasteiger partial charge in [0.15, 0.2) is 12.1 Å². The summed E-state index contributed by atoms with van der Waals surface area (Å²) in [5.41, 5.74) is 14.0. The van der Waals surface area contributed by atoms with Gasteiger partial charge in [-0.2, -0.15) is 0 Å². The molecule has 5 aromatic carbocycles. The Morgan fingerprint density at radius 2 is 1.26 bits per heavy atom. The Morgan fingerprint density at radius 3 is 1.81 bits per heavy atom. The molecule has 0 radical (unpaired) electrons. The lowest BCUT2D eigenvalue weighted by Crippen LogP contribution is -2.57. The number of benzene rings is 5. The molecule has 1 aromatic heterocycles. The Morgan fingerprint density at radius 1 is 0.702 bits per heavy atom. The molecule has 7 rings (SSSR count). The van der Waals surface area contributed by atoms with Crippen LogP contribution in [0.5, 0.6) is 0 Å². The van der Waals surface area contributed by atoms with Crippen LogP contribution in [0.3, 0.4) is 0 Å². The maximum atomic E-state index is 11.8. The monoisotopic (exact) mass is 616 g/mol. The Labute approximate surface area is 275 Å². The number of carbonyl (C=O) groups excluding carboxylic acids is 1. The second-order valence-corrected chi connectivity index (χ2v) is 11.6. The first-order valence-corrected chi connectivity index (χ1v) is 16.0. The predicted octanol–water partition coefficient (Wildman–Crippen LogP) is 7.67. The normalized spacial score (nSPS) is 13.1. The molecule has 1 aliphatic heterocycles. The number of aryl methyl sites for hydroxylation is 1. The molecule has 1 aliphatic rings. The summed E-state index contributed by atoms with van der Waals surface area (Å²) in [5, 5.41) is 6.87. The highest BCUT2D eigenvalue weighted by Gasteiger charge is 2.45. The van der Waals surface area contributed by atoms with Crippen LogP contribution in [0.2, 0.25) is 0 Å². The van der Waals surface area contributed by atoms with Gasteiger partial charge in [-0.05, 0) is 46.4 Å². The van der Waals surface area contributed by atoms with Crippen LogP contribution in [0.1, 0.15) is 58.3 Å². The quantitative estimate of drug-likeness (QED) is 0.115. The van der Waals surface area contributed by atoms with E-state index in [1.807, 2.05) is 40.0 Å². The smallest absolute Gasteiger partial charge is 0.171 e. The number of hydrogen-bond acceptors (Lipinski definition) is 6. The van der Waals surface area contributed by atoms with Gasteiger partial charge >= 0.3 is 0 Å². The van der Waals surface area contributed by atoms with E-state index >= 15 is 0 Å². The molecule has 0 saturated carbocycles. The highest BCUT2D eigenvalue weighted by atomic mass is 16.1. The van der Waals surface area contributed by atoms with Crippen LogP contribution in [-0.2, 0) is 12.0 Å². The van der Waals surface area contributed by atoms with Crippen LogP contribution in [0.15, 0.2) is 151 Å². The first-order chi connectivity index (χ1) is 23.2. The fourth-order valence-electron chi connectivity index (χ4n) is 6.49. The van der Waals surface area contributed by atoms with Crippen LogP contribution < -0.4 is 11.0 Å². The molecule has 2 heterocycles. The molecule has 0 unspecified atom stereocenters. The van der Waals surface area contributed by atoms with Gasteiger partial charge < -0.3 is 0 Å². The number of amidine groups is 1. The number of rotatable bonds is 11. The van der Waals surface area contributed by atoms with Gasteiger partial charge in [0.25, 0.3) is 0 Å². The van der Waals surface area contributed by atoms with Crippen molar-refractivity contribution in [2.75, 3.05) is 0 Å². The topological polar surface area (TPSA) is 74.5 Å². The standard InChI is InChI=1S/C40H36N6O/c1-2-3-23-38-41-28-35(29-47)45(38)34-26-24-30(25-27-34)36-21-13-14-22-37(36)39-42-44-46(43-39)40(31-15-7-4-8-16-31,32-17-9-5-10-18-32)33-19-11-6-12-20-33/h4-22,24-29,44H,2-3,23H2,1H3,(H,42,43). The molecule has 0 amide bonds. The van der Waals surface area contributed by atoms with Crippen LogP contribution in [0.4, 0.5) is 0 Å². The molecule has 232 valence electrons. The molecular weight excluding hydrogens is 580 g/mol. The Kier molecular flexibility index (Phi) is 8.45. The first-order valence-electron chi connectivity index (χ1n) is 16.0. The maximum Gasteiger partial charge on any atom is 0.171 e. The summed E-state index contributed by atoms with van der Waals surface area (Å²) in [6.45, 7) is 2.16. The van der Waals surface area contributed by atoms with Crippen LogP contribution >= 0.6 is 0 Å². The third-order valence-corrected chi connectivity index (χ3v) is 8.75. The Bertz CT molecular complexity index is 1890. The third-order valence-electron chi connectivity index (χ3n) is 8.75. The van der Waals surface area contributed by atoms with Crippen molar-refractivity contribution in [1.82, 2.24) is 25.6 Å². The van der Waals surface area contributed by atoms with E-state index < -0.39 is 5.54 Å². The molecule has 7 nitrogen and oxygen atoms in total. The molecule has 0 saturated heterocycles. The maximum absolute atomic E-state index is 11.8. The summed E-state index contributed by atoms with van der Waals surface area (Å²) in [7, 11) is 0. The minimum Gasteiger partial charge on any atom is -0.296 e. The number of hydrazone groups is 1.